The summed E-state index contributed by atoms with van der Waals surface area (Å²) in [5, 5.41) is 3.26. The molecule has 0 spiro atoms. The lowest BCUT2D eigenvalue weighted by molar-refractivity contribution is 0.0892. The maximum Gasteiger partial charge on any atom is 0.202 e. The van der Waals surface area contributed by atoms with Crippen molar-refractivity contribution in [2.24, 2.45) is 11.8 Å². The minimum Gasteiger partial charge on any atom is -0.329 e. The largest absolute Gasteiger partial charge is 0.329 e. The van der Waals surface area contributed by atoms with Crippen molar-refractivity contribution in [3.05, 3.63) is 18.2 Å². The van der Waals surface area contributed by atoms with Gasteiger partial charge in [0.15, 0.2) is 5.82 Å². The Morgan fingerprint density at radius 3 is 3.06 bits per heavy atom. The van der Waals surface area contributed by atoms with Gasteiger partial charge in [-0.1, -0.05) is 13.8 Å². The molecule has 0 aromatic carbocycles. The molecule has 1 aliphatic rings. The lowest BCUT2D eigenvalue weighted by atomic mass is 9.93. The highest BCUT2D eigenvalue weighted by Gasteiger charge is 2.32. The fourth-order valence-corrected chi connectivity index (χ4v) is 2.28. The van der Waals surface area contributed by atoms with Gasteiger partial charge in [-0.15, -0.1) is 0 Å². The SMILES string of the molecule is CCCn1ccnc1C(=O)C1CNCC1C. The van der Waals surface area contributed by atoms with E-state index in [1.807, 2.05) is 10.8 Å². The Labute approximate surface area is 96.1 Å². The van der Waals surface area contributed by atoms with Crippen molar-refractivity contribution in [3.63, 3.8) is 0 Å². The maximum atomic E-state index is 12.3. The summed E-state index contributed by atoms with van der Waals surface area (Å²) in [6, 6.07) is 0. The molecule has 0 bridgehead atoms. The van der Waals surface area contributed by atoms with Gasteiger partial charge in [0.2, 0.25) is 5.78 Å². The molecule has 4 heteroatoms. The monoisotopic (exact) mass is 221 g/mol. The van der Waals surface area contributed by atoms with Crippen molar-refractivity contribution in [1.82, 2.24) is 14.9 Å². The average Bonchev–Trinajstić information content (AvgIpc) is 2.87. The van der Waals surface area contributed by atoms with Crippen molar-refractivity contribution >= 4 is 5.78 Å². The van der Waals surface area contributed by atoms with Crippen LogP contribution >= 0.6 is 0 Å². The number of rotatable bonds is 4. The Morgan fingerprint density at radius 2 is 2.44 bits per heavy atom. The molecule has 88 valence electrons. The normalized spacial score (nSPS) is 24.9. The summed E-state index contributed by atoms with van der Waals surface area (Å²) < 4.78 is 1.97. The third-order valence-electron chi connectivity index (χ3n) is 3.25. The summed E-state index contributed by atoms with van der Waals surface area (Å²) in [5.74, 6) is 1.33. The minimum atomic E-state index is 0.0954. The Kier molecular flexibility index (Phi) is 3.39. The van der Waals surface area contributed by atoms with Crippen LogP contribution in [0.5, 0.6) is 0 Å². The van der Waals surface area contributed by atoms with Gasteiger partial charge in [-0.05, 0) is 18.9 Å². The third-order valence-corrected chi connectivity index (χ3v) is 3.25. The van der Waals surface area contributed by atoms with E-state index in [0.717, 1.165) is 26.1 Å². The van der Waals surface area contributed by atoms with Crippen LogP contribution in [0.15, 0.2) is 12.4 Å². The van der Waals surface area contributed by atoms with Gasteiger partial charge in [-0.25, -0.2) is 4.98 Å². The van der Waals surface area contributed by atoms with Crippen LogP contribution in [0.2, 0.25) is 0 Å². The number of aromatic nitrogens is 2. The third kappa shape index (κ3) is 2.02. The zero-order chi connectivity index (χ0) is 11.5. The molecule has 0 amide bonds. The van der Waals surface area contributed by atoms with Crippen LogP contribution < -0.4 is 5.32 Å². The van der Waals surface area contributed by atoms with E-state index in [4.69, 9.17) is 0 Å². The number of hydrogen-bond acceptors (Lipinski definition) is 3. The van der Waals surface area contributed by atoms with Crippen LogP contribution in [0.1, 0.15) is 30.9 Å². The van der Waals surface area contributed by atoms with Crippen molar-refractivity contribution in [3.8, 4) is 0 Å². The Morgan fingerprint density at radius 1 is 1.62 bits per heavy atom. The smallest absolute Gasteiger partial charge is 0.202 e. The fraction of sp³-hybridized carbons (Fsp3) is 0.667. The molecule has 16 heavy (non-hydrogen) atoms. The number of carbonyl (C=O) groups excluding carboxylic acids is 1. The van der Waals surface area contributed by atoms with Crippen LogP contribution in [-0.4, -0.2) is 28.4 Å². The van der Waals surface area contributed by atoms with Gasteiger partial charge in [0.1, 0.15) is 0 Å². The first kappa shape index (κ1) is 11.3. The van der Waals surface area contributed by atoms with Gasteiger partial charge in [0.05, 0.1) is 0 Å². The van der Waals surface area contributed by atoms with Gasteiger partial charge in [-0.3, -0.25) is 4.79 Å². The standard InChI is InChI=1S/C12H19N3O/c1-3-5-15-6-4-14-12(15)11(16)10-8-13-7-9(10)2/h4,6,9-10,13H,3,5,7-8H2,1-2H3. The number of Topliss-reactive ketones (excluding diaryl/α,β-unsaturated/α-hetero) is 1. The van der Waals surface area contributed by atoms with E-state index >= 15 is 0 Å². The van der Waals surface area contributed by atoms with Crippen molar-refractivity contribution in [1.29, 1.82) is 0 Å². The van der Waals surface area contributed by atoms with Crippen LogP contribution in [0.4, 0.5) is 0 Å². The first-order valence-electron chi connectivity index (χ1n) is 6.00. The molecule has 2 rings (SSSR count). The lowest BCUT2D eigenvalue weighted by Gasteiger charge is -2.13. The van der Waals surface area contributed by atoms with Crippen molar-refractivity contribution < 1.29 is 4.79 Å². The summed E-state index contributed by atoms with van der Waals surface area (Å²) in [6.45, 7) is 6.82. The Hall–Kier alpha value is -1.16. The van der Waals surface area contributed by atoms with Gasteiger partial charge in [-0.2, -0.15) is 0 Å². The average molecular weight is 221 g/mol. The highest BCUT2D eigenvalue weighted by atomic mass is 16.1. The quantitative estimate of drug-likeness (QED) is 0.780. The van der Waals surface area contributed by atoms with Gasteiger partial charge in [0, 0.05) is 31.4 Å². The summed E-state index contributed by atoms with van der Waals surface area (Å²) in [6.07, 6.45) is 4.63. The summed E-state index contributed by atoms with van der Waals surface area (Å²) >= 11 is 0. The van der Waals surface area contributed by atoms with E-state index in [1.54, 1.807) is 6.20 Å². The highest BCUT2D eigenvalue weighted by molar-refractivity contribution is 5.95. The molecule has 1 N–H and O–H groups in total. The fourth-order valence-electron chi connectivity index (χ4n) is 2.28. The van der Waals surface area contributed by atoms with Crippen LogP contribution in [0.3, 0.4) is 0 Å². The molecular weight excluding hydrogens is 202 g/mol. The number of ketones is 1. The number of carbonyl (C=O) groups is 1. The molecule has 2 atom stereocenters. The highest BCUT2D eigenvalue weighted by Crippen LogP contribution is 2.20. The molecule has 1 aromatic heterocycles. The van der Waals surface area contributed by atoms with Crippen LogP contribution in [-0.2, 0) is 6.54 Å². The van der Waals surface area contributed by atoms with Crippen LogP contribution in [0, 0.1) is 11.8 Å². The number of nitrogens with one attached hydrogen (secondary N) is 1. The molecule has 0 saturated carbocycles. The van der Waals surface area contributed by atoms with E-state index in [-0.39, 0.29) is 11.7 Å². The molecule has 1 aromatic rings. The second-order valence-electron chi connectivity index (χ2n) is 4.55. The van der Waals surface area contributed by atoms with E-state index in [0.29, 0.717) is 11.7 Å². The van der Waals surface area contributed by atoms with Gasteiger partial charge in [0.25, 0.3) is 0 Å². The number of imidazole rings is 1. The van der Waals surface area contributed by atoms with Gasteiger partial charge >= 0.3 is 0 Å². The predicted molar refractivity (Wildman–Crippen MR) is 62.4 cm³/mol. The first-order chi connectivity index (χ1) is 7.74. The molecule has 4 nitrogen and oxygen atoms in total. The first-order valence-corrected chi connectivity index (χ1v) is 6.00. The second kappa shape index (κ2) is 4.78. The molecule has 2 unspecified atom stereocenters. The van der Waals surface area contributed by atoms with Crippen molar-refractivity contribution in [2.45, 2.75) is 26.8 Å². The Balaban J connectivity index is 2.16. The molecule has 0 aliphatic carbocycles. The van der Waals surface area contributed by atoms with E-state index in [9.17, 15) is 4.79 Å². The van der Waals surface area contributed by atoms with E-state index in [1.165, 1.54) is 0 Å². The minimum absolute atomic E-state index is 0.0954. The second-order valence-corrected chi connectivity index (χ2v) is 4.55. The lowest BCUT2D eigenvalue weighted by Crippen LogP contribution is -2.24. The predicted octanol–water partition coefficient (Wildman–Crippen LogP) is 1.33. The molecule has 1 aliphatic heterocycles. The Bertz CT molecular complexity index is 372. The van der Waals surface area contributed by atoms with Gasteiger partial charge < -0.3 is 9.88 Å². The van der Waals surface area contributed by atoms with Crippen molar-refractivity contribution in [2.75, 3.05) is 13.1 Å². The zero-order valence-electron chi connectivity index (χ0n) is 9.94. The van der Waals surface area contributed by atoms with Crippen LogP contribution in [0.25, 0.3) is 0 Å². The molecular formula is C12H19N3O. The van der Waals surface area contributed by atoms with E-state index < -0.39 is 0 Å². The van der Waals surface area contributed by atoms with E-state index in [2.05, 4.69) is 24.1 Å². The maximum absolute atomic E-state index is 12.3. The summed E-state index contributed by atoms with van der Waals surface area (Å²) in [7, 11) is 0. The number of hydrogen-bond donors (Lipinski definition) is 1. The molecule has 2 heterocycles. The zero-order valence-corrected chi connectivity index (χ0v) is 9.94. The topological polar surface area (TPSA) is 46.9 Å². The summed E-state index contributed by atoms with van der Waals surface area (Å²) in [4.78, 5) is 16.5. The summed E-state index contributed by atoms with van der Waals surface area (Å²) in [5.41, 5.74) is 0. The molecule has 1 saturated heterocycles. The molecule has 1 fully saturated rings. The number of nitrogens with zero attached hydrogens (tertiary/aromatic N) is 2. The number of aryl methyl sites for hydroxylation is 1. The molecule has 0 radical (unpaired) electrons.